The van der Waals surface area contributed by atoms with E-state index in [1.54, 1.807) is 13.8 Å². The van der Waals surface area contributed by atoms with Crippen LogP contribution in [0.2, 0.25) is 0 Å². The number of rotatable bonds is 7. The van der Waals surface area contributed by atoms with Crippen molar-refractivity contribution in [1.29, 1.82) is 0 Å². The SMILES string of the molecule is COC(=O)N[C@H](C(=O)N1CCC[C@H]1C(=O)N[C@H](C(C)C)C(O)C(F)(F)F)C(C)C. The summed E-state index contributed by atoms with van der Waals surface area (Å²) in [6.07, 6.45) is -7.65. The summed E-state index contributed by atoms with van der Waals surface area (Å²) in [6, 6.07) is -3.48. The Morgan fingerprint density at radius 1 is 1.10 bits per heavy atom. The smallest absolute Gasteiger partial charge is 0.416 e. The van der Waals surface area contributed by atoms with E-state index in [9.17, 15) is 32.7 Å². The molecule has 0 aromatic carbocycles. The van der Waals surface area contributed by atoms with Gasteiger partial charge >= 0.3 is 12.3 Å². The molecular formula is C18H30F3N3O5. The first-order valence-corrected chi connectivity index (χ1v) is 9.51. The Morgan fingerprint density at radius 3 is 2.14 bits per heavy atom. The third-order valence-corrected chi connectivity index (χ3v) is 4.93. The molecule has 0 aromatic rings. The predicted octanol–water partition coefficient (Wildman–Crippen LogP) is 1.42. The maximum Gasteiger partial charge on any atom is 0.416 e. The minimum atomic E-state index is -4.89. The summed E-state index contributed by atoms with van der Waals surface area (Å²) >= 11 is 0. The number of hydrogen-bond acceptors (Lipinski definition) is 5. The summed E-state index contributed by atoms with van der Waals surface area (Å²) < 4.78 is 43.3. The van der Waals surface area contributed by atoms with Gasteiger partial charge in [0, 0.05) is 6.54 Å². The minimum absolute atomic E-state index is 0.233. The molecule has 0 aromatic heterocycles. The Labute approximate surface area is 168 Å². The molecule has 1 aliphatic rings. The Morgan fingerprint density at radius 2 is 1.69 bits per heavy atom. The van der Waals surface area contributed by atoms with E-state index < -0.39 is 54.2 Å². The Bertz CT molecular complexity index is 598. The zero-order valence-electron chi connectivity index (χ0n) is 17.2. The molecule has 3 N–H and O–H groups in total. The number of carbonyl (C=O) groups is 3. The number of alkyl carbamates (subject to hydrolysis) is 1. The van der Waals surface area contributed by atoms with Crippen LogP contribution in [0.5, 0.6) is 0 Å². The fourth-order valence-corrected chi connectivity index (χ4v) is 3.26. The topological polar surface area (TPSA) is 108 Å². The number of hydrogen-bond donors (Lipinski definition) is 3. The van der Waals surface area contributed by atoms with Crippen molar-refractivity contribution in [3.8, 4) is 0 Å². The van der Waals surface area contributed by atoms with Gasteiger partial charge in [-0.3, -0.25) is 9.59 Å². The van der Waals surface area contributed by atoms with Crippen LogP contribution in [-0.2, 0) is 14.3 Å². The van der Waals surface area contributed by atoms with Gasteiger partial charge in [0.15, 0.2) is 6.10 Å². The number of aliphatic hydroxyl groups is 1. The summed E-state index contributed by atoms with van der Waals surface area (Å²) in [5.74, 6) is -2.27. The van der Waals surface area contributed by atoms with Crippen molar-refractivity contribution in [2.45, 2.75) is 70.9 Å². The average molecular weight is 425 g/mol. The quantitative estimate of drug-likeness (QED) is 0.572. The summed E-state index contributed by atoms with van der Waals surface area (Å²) in [5.41, 5.74) is 0. The molecule has 1 rings (SSSR count). The third kappa shape index (κ3) is 6.48. The minimum Gasteiger partial charge on any atom is -0.453 e. The van der Waals surface area contributed by atoms with Crippen molar-refractivity contribution in [3.05, 3.63) is 0 Å². The van der Waals surface area contributed by atoms with Crippen LogP contribution in [0.25, 0.3) is 0 Å². The number of halogens is 3. The molecule has 0 aliphatic carbocycles. The highest BCUT2D eigenvalue weighted by molar-refractivity contribution is 5.92. The molecule has 1 heterocycles. The van der Waals surface area contributed by atoms with E-state index in [0.717, 1.165) is 7.11 Å². The number of alkyl halides is 3. The lowest BCUT2D eigenvalue weighted by Crippen LogP contribution is -2.59. The Hall–Kier alpha value is -2.04. The van der Waals surface area contributed by atoms with E-state index in [4.69, 9.17) is 0 Å². The van der Waals surface area contributed by atoms with Gasteiger partial charge in [0.25, 0.3) is 0 Å². The van der Waals surface area contributed by atoms with Crippen molar-refractivity contribution in [3.63, 3.8) is 0 Å². The number of aliphatic hydroxyl groups excluding tert-OH is 1. The van der Waals surface area contributed by atoms with E-state index >= 15 is 0 Å². The molecule has 0 bridgehead atoms. The molecule has 0 saturated carbocycles. The molecular weight excluding hydrogens is 395 g/mol. The van der Waals surface area contributed by atoms with Gasteiger partial charge in [0.2, 0.25) is 11.8 Å². The second kappa shape index (κ2) is 10.1. The van der Waals surface area contributed by atoms with Crippen molar-refractivity contribution in [2.24, 2.45) is 11.8 Å². The van der Waals surface area contributed by atoms with Gasteiger partial charge < -0.3 is 25.4 Å². The van der Waals surface area contributed by atoms with Crippen LogP contribution in [0.15, 0.2) is 0 Å². The van der Waals surface area contributed by atoms with Crippen LogP contribution in [0, 0.1) is 11.8 Å². The summed E-state index contributed by atoms with van der Waals surface area (Å²) in [4.78, 5) is 38.4. The highest BCUT2D eigenvalue weighted by atomic mass is 19.4. The van der Waals surface area contributed by atoms with E-state index in [0.29, 0.717) is 6.42 Å². The van der Waals surface area contributed by atoms with Crippen molar-refractivity contribution in [1.82, 2.24) is 15.5 Å². The average Bonchev–Trinajstić information content (AvgIpc) is 3.11. The number of likely N-dealkylation sites (tertiary alicyclic amines) is 1. The fourth-order valence-electron chi connectivity index (χ4n) is 3.26. The van der Waals surface area contributed by atoms with Crippen molar-refractivity contribution >= 4 is 17.9 Å². The van der Waals surface area contributed by atoms with E-state index in [1.165, 1.54) is 18.7 Å². The van der Waals surface area contributed by atoms with Gasteiger partial charge in [0.05, 0.1) is 13.2 Å². The number of nitrogens with zero attached hydrogens (tertiary/aromatic N) is 1. The highest BCUT2D eigenvalue weighted by Crippen LogP contribution is 2.26. The second-order valence-corrected chi connectivity index (χ2v) is 7.81. The lowest BCUT2D eigenvalue weighted by molar-refractivity contribution is -0.215. The van der Waals surface area contributed by atoms with Crippen LogP contribution in [0.3, 0.4) is 0 Å². The highest BCUT2D eigenvalue weighted by Gasteiger charge is 2.46. The fraction of sp³-hybridized carbons (Fsp3) is 0.833. The molecule has 11 heteroatoms. The molecule has 3 amide bonds. The lowest BCUT2D eigenvalue weighted by atomic mass is 9.97. The van der Waals surface area contributed by atoms with Crippen molar-refractivity contribution in [2.75, 3.05) is 13.7 Å². The number of nitrogens with one attached hydrogen (secondary N) is 2. The van der Waals surface area contributed by atoms with Crippen LogP contribution >= 0.6 is 0 Å². The third-order valence-electron chi connectivity index (χ3n) is 4.93. The van der Waals surface area contributed by atoms with E-state index in [1.807, 2.05) is 0 Å². The van der Waals surface area contributed by atoms with Gasteiger partial charge in [0.1, 0.15) is 12.1 Å². The molecule has 1 fully saturated rings. The first kappa shape index (κ1) is 25.0. The van der Waals surface area contributed by atoms with Gasteiger partial charge in [-0.2, -0.15) is 13.2 Å². The van der Waals surface area contributed by atoms with E-state index in [2.05, 4.69) is 15.4 Å². The van der Waals surface area contributed by atoms with Crippen LogP contribution in [0.4, 0.5) is 18.0 Å². The molecule has 1 unspecified atom stereocenters. The van der Waals surface area contributed by atoms with Gasteiger partial charge in [-0.05, 0) is 24.7 Å². The van der Waals surface area contributed by atoms with Crippen LogP contribution in [-0.4, -0.2) is 72.0 Å². The molecule has 4 atom stereocenters. The first-order valence-electron chi connectivity index (χ1n) is 9.51. The van der Waals surface area contributed by atoms with E-state index in [-0.39, 0.29) is 18.9 Å². The molecule has 1 saturated heterocycles. The molecule has 8 nitrogen and oxygen atoms in total. The normalized spacial score (nSPS) is 20.4. The van der Waals surface area contributed by atoms with Crippen LogP contribution in [0.1, 0.15) is 40.5 Å². The van der Waals surface area contributed by atoms with Crippen molar-refractivity contribution < 1.29 is 37.4 Å². The molecule has 0 radical (unpaired) electrons. The molecule has 29 heavy (non-hydrogen) atoms. The Balaban J connectivity index is 2.97. The second-order valence-electron chi connectivity index (χ2n) is 7.81. The predicted molar refractivity (Wildman–Crippen MR) is 97.7 cm³/mol. The maximum absolute atomic E-state index is 12.9. The van der Waals surface area contributed by atoms with Crippen LogP contribution < -0.4 is 10.6 Å². The van der Waals surface area contributed by atoms with Gasteiger partial charge in [-0.15, -0.1) is 0 Å². The standard InChI is InChI=1S/C18H30F3N3O5/c1-9(2)12(14(25)18(19,20)21)22-15(26)11-7-6-8-24(11)16(27)13(10(3)4)23-17(28)29-5/h9-14,25H,6-8H2,1-5H3,(H,22,26)(H,23,28)/t11-,12+,13-,14?/m0/s1. The largest absolute Gasteiger partial charge is 0.453 e. The maximum atomic E-state index is 12.9. The molecule has 0 spiro atoms. The van der Waals surface area contributed by atoms with Gasteiger partial charge in [-0.1, -0.05) is 27.7 Å². The van der Waals surface area contributed by atoms with Gasteiger partial charge in [-0.25, -0.2) is 4.79 Å². The number of methoxy groups -OCH3 is 1. The molecule has 1 aliphatic heterocycles. The number of carbonyl (C=O) groups excluding carboxylic acids is 3. The summed E-state index contributed by atoms with van der Waals surface area (Å²) in [6.45, 7) is 6.55. The molecule has 168 valence electrons. The monoisotopic (exact) mass is 425 g/mol. The summed E-state index contributed by atoms with van der Waals surface area (Å²) in [7, 11) is 1.15. The zero-order valence-corrected chi connectivity index (χ0v) is 17.2. The number of amides is 3. The number of ether oxygens (including phenoxy) is 1. The zero-order chi connectivity index (χ0) is 22.5. The summed E-state index contributed by atoms with van der Waals surface area (Å²) in [5, 5.41) is 14.3. The first-order chi connectivity index (χ1) is 13.3. The lowest BCUT2D eigenvalue weighted by Gasteiger charge is -2.33. The Kier molecular flexibility index (Phi) is 8.73.